The molecule has 5 heteroatoms. The molecule has 0 aliphatic carbocycles. The molecule has 1 N–H and O–H groups in total. The van der Waals surface area contributed by atoms with E-state index in [-0.39, 0.29) is 12.4 Å². The van der Waals surface area contributed by atoms with Crippen LogP contribution in [0.15, 0.2) is 48.5 Å². The molecule has 24 heavy (non-hydrogen) atoms. The van der Waals surface area contributed by atoms with Crippen molar-refractivity contribution >= 4 is 17.5 Å². The fraction of sp³-hybridized carbons (Fsp3) is 0.316. The van der Waals surface area contributed by atoms with Crippen molar-refractivity contribution in [1.82, 2.24) is 0 Å². The average molecular weight is 328 g/mol. The maximum Gasteiger partial charge on any atom is 0.411 e. The molecule has 3 rings (SSSR count). The van der Waals surface area contributed by atoms with E-state index in [4.69, 9.17) is 4.74 Å². The summed E-state index contributed by atoms with van der Waals surface area (Å²) in [5, 5.41) is 2.56. The van der Waals surface area contributed by atoms with E-state index in [0.29, 0.717) is 11.4 Å². The Morgan fingerprint density at radius 1 is 1.08 bits per heavy atom. The topological polar surface area (TPSA) is 41.6 Å². The molecule has 2 aromatic carbocycles. The molecule has 1 heterocycles. The lowest BCUT2D eigenvalue weighted by Gasteiger charge is -2.29. The smallest absolute Gasteiger partial charge is 0.411 e. The van der Waals surface area contributed by atoms with Crippen LogP contribution in [-0.4, -0.2) is 19.2 Å². The monoisotopic (exact) mass is 328 g/mol. The van der Waals surface area contributed by atoms with Crippen molar-refractivity contribution in [2.45, 2.75) is 25.9 Å². The standard InChI is InChI=1S/C19H21FN2O2/c20-17-13-16(9-10-18(17)22-11-5-2-6-12-22)21-19(23)24-14-15-7-3-1-4-8-15/h1,3-4,7-10,13H,2,5-6,11-12,14H2,(H,21,23). The van der Waals surface area contributed by atoms with Crippen LogP contribution in [0.4, 0.5) is 20.6 Å². The van der Waals surface area contributed by atoms with Crippen LogP contribution in [0.5, 0.6) is 0 Å². The Morgan fingerprint density at radius 2 is 1.83 bits per heavy atom. The Balaban J connectivity index is 1.57. The van der Waals surface area contributed by atoms with E-state index in [1.54, 1.807) is 12.1 Å². The SMILES string of the molecule is O=C(Nc1ccc(N2CCCCC2)c(F)c1)OCc1ccccc1. The summed E-state index contributed by atoms with van der Waals surface area (Å²) < 4.78 is 19.4. The first kappa shape index (κ1) is 16.3. The molecule has 4 nitrogen and oxygen atoms in total. The van der Waals surface area contributed by atoms with Crippen LogP contribution in [0.1, 0.15) is 24.8 Å². The zero-order valence-electron chi connectivity index (χ0n) is 13.5. The summed E-state index contributed by atoms with van der Waals surface area (Å²) in [5.41, 5.74) is 1.89. The van der Waals surface area contributed by atoms with Crippen LogP contribution in [0, 0.1) is 5.82 Å². The highest BCUT2D eigenvalue weighted by molar-refractivity contribution is 5.84. The molecule has 0 radical (unpaired) electrons. The van der Waals surface area contributed by atoms with Crippen molar-refractivity contribution in [3.8, 4) is 0 Å². The number of hydrogen-bond donors (Lipinski definition) is 1. The predicted molar refractivity (Wildman–Crippen MR) is 92.7 cm³/mol. The Kier molecular flexibility index (Phi) is 5.31. The predicted octanol–water partition coefficient (Wildman–Crippen LogP) is 4.56. The lowest BCUT2D eigenvalue weighted by atomic mass is 10.1. The quantitative estimate of drug-likeness (QED) is 0.894. The zero-order chi connectivity index (χ0) is 16.8. The summed E-state index contributed by atoms with van der Waals surface area (Å²) in [6.45, 7) is 1.94. The second-order valence-corrected chi connectivity index (χ2v) is 5.90. The number of amides is 1. The van der Waals surface area contributed by atoms with Crippen LogP contribution < -0.4 is 10.2 Å². The first-order valence-corrected chi connectivity index (χ1v) is 8.24. The number of carbonyl (C=O) groups excluding carboxylic acids is 1. The third kappa shape index (κ3) is 4.25. The number of ether oxygens (including phenoxy) is 1. The van der Waals surface area contributed by atoms with Gasteiger partial charge in [0.05, 0.1) is 5.69 Å². The van der Waals surface area contributed by atoms with Crippen molar-refractivity contribution in [2.24, 2.45) is 0 Å². The molecule has 126 valence electrons. The van der Waals surface area contributed by atoms with Gasteiger partial charge in [0.1, 0.15) is 12.4 Å². The van der Waals surface area contributed by atoms with E-state index in [1.807, 2.05) is 30.3 Å². The molecule has 0 saturated carbocycles. The zero-order valence-corrected chi connectivity index (χ0v) is 13.5. The van der Waals surface area contributed by atoms with Gasteiger partial charge in [-0.15, -0.1) is 0 Å². The largest absolute Gasteiger partial charge is 0.444 e. The first-order chi connectivity index (χ1) is 11.7. The van der Waals surface area contributed by atoms with Crippen molar-refractivity contribution in [3.05, 3.63) is 59.9 Å². The summed E-state index contributed by atoms with van der Waals surface area (Å²) in [7, 11) is 0. The summed E-state index contributed by atoms with van der Waals surface area (Å²) in [6, 6.07) is 14.2. The Labute approximate surface area is 141 Å². The first-order valence-electron chi connectivity index (χ1n) is 8.24. The van der Waals surface area contributed by atoms with Gasteiger partial charge in [0.25, 0.3) is 0 Å². The van der Waals surface area contributed by atoms with Gasteiger partial charge in [-0.2, -0.15) is 0 Å². The molecule has 1 aliphatic heterocycles. The van der Waals surface area contributed by atoms with E-state index < -0.39 is 6.09 Å². The number of piperidine rings is 1. The Hall–Kier alpha value is -2.56. The van der Waals surface area contributed by atoms with Gasteiger partial charge in [0.15, 0.2) is 0 Å². The van der Waals surface area contributed by atoms with Gasteiger partial charge in [0, 0.05) is 18.8 Å². The normalized spacial score (nSPS) is 14.3. The summed E-state index contributed by atoms with van der Waals surface area (Å²) in [4.78, 5) is 13.9. The van der Waals surface area contributed by atoms with Gasteiger partial charge < -0.3 is 9.64 Å². The minimum absolute atomic E-state index is 0.182. The van der Waals surface area contributed by atoms with Crippen molar-refractivity contribution < 1.29 is 13.9 Å². The Morgan fingerprint density at radius 3 is 2.54 bits per heavy atom. The molecule has 1 amide bonds. The highest BCUT2D eigenvalue weighted by Crippen LogP contribution is 2.25. The fourth-order valence-electron chi connectivity index (χ4n) is 2.85. The van der Waals surface area contributed by atoms with E-state index in [2.05, 4.69) is 10.2 Å². The van der Waals surface area contributed by atoms with Gasteiger partial charge >= 0.3 is 6.09 Å². The van der Waals surface area contributed by atoms with Crippen molar-refractivity contribution in [1.29, 1.82) is 0 Å². The van der Waals surface area contributed by atoms with E-state index in [1.165, 1.54) is 12.5 Å². The van der Waals surface area contributed by atoms with Crippen LogP contribution in [0.2, 0.25) is 0 Å². The molecule has 0 atom stereocenters. The number of nitrogens with one attached hydrogen (secondary N) is 1. The average Bonchev–Trinajstić information content (AvgIpc) is 2.62. The number of benzene rings is 2. The minimum Gasteiger partial charge on any atom is -0.444 e. The highest BCUT2D eigenvalue weighted by atomic mass is 19.1. The number of carbonyl (C=O) groups is 1. The van der Waals surface area contributed by atoms with Crippen LogP contribution in [-0.2, 0) is 11.3 Å². The minimum atomic E-state index is -0.594. The summed E-state index contributed by atoms with van der Waals surface area (Å²) in [5.74, 6) is -0.322. The lowest BCUT2D eigenvalue weighted by Crippen LogP contribution is -2.30. The van der Waals surface area contributed by atoms with Crippen LogP contribution in [0.25, 0.3) is 0 Å². The molecule has 1 fully saturated rings. The lowest BCUT2D eigenvalue weighted by molar-refractivity contribution is 0.155. The maximum absolute atomic E-state index is 14.3. The molecule has 1 saturated heterocycles. The molecule has 0 unspecified atom stereocenters. The highest BCUT2D eigenvalue weighted by Gasteiger charge is 2.15. The van der Waals surface area contributed by atoms with Crippen LogP contribution >= 0.6 is 0 Å². The number of anilines is 2. The van der Waals surface area contributed by atoms with E-state index >= 15 is 0 Å². The molecule has 0 aromatic heterocycles. The third-order valence-electron chi connectivity index (χ3n) is 4.10. The number of nitrogens with zero attached hydrogens (tertiary/aromatic N) is 1. The fourth-order valence-corrected chi connectivity index (χ4v) is 2.85. The second kappa shape index (κ2) is 7.81. The van der Waals surface area contributed by atoms with E-state index in [9.17, 15) is 9.18 Å². The van der Waals surface area contributed by atoms with Gasteiger partial charge in [-0.1, -0.05) is 30.3 Å². The molecular weight excluding hydrogens is 307 g/mol. The number of rotatable bonds is 4. The Bertz CT molecular complexity index is 685. The van der Waals surface area contributed by atoms with E-state index in [0.717, 1.165) is 31.5 Å². The number of hydrogen-bond acceptors (Lipinski definition) is 3. The molecule has 2 aromatic rings. The second-order valence-electron chi connectivity index (χ2n) is 5.90. The van der Waals surface area contributed by atoms with Gasteiger partial charge in [-0.05, 0) is 43.0 Å². The van der Waals surface area contributed by atoms with Crippen molar-refractivity contribution in [2.75, 3.05) is 23.3 Å². The van der Waals surface area contributed by atoms with Gasteiger partial charge in [-0.25, -0.2) is 9.18 Å². The van der Waals surface area contributed by atoms with Gasteiger partial charge in [0.2, 0.25) is 0 Å². The van der Waals surface area contributed by atoms with Crippen LogP contribution in [0.3, 0.4) is 0 Å². The molecule has 0 bridgehead atoms. The summed E-state index contributed by atoms with van der Waals surface area (Å²) in [6.07, 6.45) is 2.78. The third-order valence-corrected chi connectivity index (χ3v) is 4.10. The maximum atomic E-state index is 14.3. The number of halogens is 1. The molecule has 0 spiro atoms. The van der Waals surface area contributed by atoms with Crippen molar-refractivity contribution in [3.63, 3.8) is 0 Å². The molecular formula is C19H21FN2O2. The summed E-state index contributed by atoms with van der Waals surface area (Å²) >= 11 is 0. The van der Waals surface area contributed by atoms with Gasteiger partial charge in [-0.3, -0.25) is 5.32 Å². The molecule has 1 aliphatic rings.